The summed E-state index contributed by atoms with van der Waals surface area (Å²) in [5.41, 5.74) is 7.35. The quantitative estimate of drug-likeness (QED) is 0.740. The lowest BCUT2D eigenvalue weighted by Crippen LogP contribution is -2.37. The maximum atomic E-state index is 5.66. The number of nitrogens with two attached hydrogens (primary N) is 1. The van der Waals surface area contributed by atoms with E-state index in [1.54, 1.807) is 12.4 Å². The summed E-state index contributed by atoms with van der Waals surface area (Å²) in [5.74, 6) is 0. The summed E-state index contributed by atoms with van der Waals surface area (Å²) in [7, 11) is 0. The zero-order chi connectivity index (χ0) is 11.9. The molecule has 0 aliphatic carbocycles. The van der Waals surface area contributed by atoms with E-state index >= 15 is 0 Å². The van der Waals surface area contributed by atoms with Gasteiger partial charge in [-0.1, -0.05) is 0 Å². The van der Waals surface area contributed by atoms with E-state index < -0.39 is 0 Å². The van der Waals surface area contributed by atoms with Crippen LogP contribution in [0.1, 0.15) is 6.42 Å². The molecule has 1 aromatic heterocycles. The van der Waals surface area contributed by atoms with Crippen molar-refractivity contribution in [1.29, 1.82) is 0 Å². The van der Waals surface area contributed by atoms with Crippen LogP contribution in [0, 0.1) is 0 Å². The number of morpholine rings is 1. The number of nitrogens with zero attached hydrogens (tertiary/aromatic N) is 2. The Labute approximate surface area is 102 Å². The van der Waals surface area contributed by atoms with Gasteiger partial charge in [-0.2, -0.15) is 0 Å². The molecule has 0 saturated carbocycles. The fourth-order valence-corrected chi connectivity index (χ4v) is 1.91. The molecule has 0 atom stereocenters. The molecule has 0 amide bonds. The van der Waals surface area contributed by atoms with Gasteiger partial charge in [0.1, 0.15) is 0 Å². The maximum Gasteiger partial charge on any atom is 0.0594 e. The van der Waals surface area contributed by atoms with E-state index in [-0.39, 0.29) is 0 Å². The van der Waals surface area contributed by atoms with Gasteiger partial charge in [0.2, 0.25) is 0 Å². The average molecular weight is 236 g/mol. The zero-order valence-electron chi connectivity index (χ0n) is 10.1. The highest BCUT2D eigenvalue weighted by Gasteiger charge is 2.08. The van der Waals surface area contributed by atoms with Crippen LogP contribution in [0.15, 0.2) is 18.5 Å². The fraction of sp³-hybridized carbons (Fsp3) is 0.583. The average Bonchev–Trinajstić information content (AvgIpc) is 2.36. The molecule has 1 saturated heterocycles. The van der Waals surface area contributed by atoms with Gasteiger partial charge in [-0.3, -0.25) is 9.88 Å². The predicted octanol–water partition coefficient (Wildman–Crippen LogP) is 0.798. The highest BCUT2D eigenvalue weighted by atomic mass is 16.5. The van der Waals surface area contributed by atoms with E-state index in [4.69, 9.17) is 10.5 Å². The van der Waals surface area contributed by atoms with Crippen molar-refractivity contribution in [2.75, 3.05) is 50.4 Å². The molecule has 0 bridgehead atoms. The van der Waals surface area contributed by atoms with Crippen LogP contribution in [-0.2, 0) is 4.74 Å². The Morgan fingerprint density at radius 3 is 2.94 bits per heavy atom. The Morgan fingerprint density at radius 1 is 1.35 bits per heavy atom. The summed E-state index contributed by atoms with van der Waals surface area (Å²) in [6.07, 6.45) is 4.57. The van der Waals surface area contributed by atoms with Crippen molar-refractivity contribution in [1.82, 2.24) is 9.88 Å². The summed E-state index contributed by atoms with van der Waals surface area (Å²) >= 11 is 0. The molecular weight excluding hydrogens is 216 g/mol. The standard InChI is InChI=1S/C12H20N4O/c13-11-8-12(10-14-9-11)15-2-1-3-16-4-6-17-7-5-16/h8-10,15H,1-7,13H2. The lowest BCUT2D eigenvalue weighted by Gasteiger charge is -2.26. The molecule has 17 heavy (non-hydrogen) atoms. The number of ether oxygens (including phenoxy) is 1. The third kappa shape index (κ3) is 4.20. The van der Waals surface area contributed by atoms with Crippen molar-refractivity contribution >= 4 is 11.4 Å². The molecule has 0 spiro atoms. The minimum atomic E-state index is 0.697. The minimum absolute atomic E-state index is 0.697. The van der Waals surface area contributed by atoms with Crippen LogP contribution >= 0.6 is 0 Å². The molecule has 5 heteroatoms. The number of nitrogen functional groups attached to an aromatic ring is 1. The van der Waals surface area contributed by atoms with Crippen molar-refractivity contribution in [3.8, 4) is 0 Å². The topological polar surface area (TPSA) is 63.4 Å². The minimum Gasteiger partial charge on any atom is -0.397 e. The molecule has 1 aliphatic heterocycles. The maximum absolute atomic E-state index is 5.66. The monoisotopic (exact) mass is 236 g/mol. The first kappa shape index (κ1) is 12.1. The lowest BCUT2D eigenvalue weighted by atomic mass is 10.3. The SMILES string of the molecule is Nc1cncc(NCCCN2CCOCC2)c1. The highest BCUT2D eigenvalue weighted by Crippen LogP contribution is 2.09. The van der Waals surface area contributed by atoms with Crippen LogP contribution in [0.2, 0.25) is 0 Å². The molecule has 5 nitrogen and oxygen atoms in total. The second kappa shape index (κ2) is 6.42. The molecule has 94 valence electrons. The Balaban J connectivity index is 1.62. The number of anilines is 2. The molecule has 3 N–H and O–H groups in total. The number of pyridine rings is 1. The van der Waals surface area contributed by atoms with E-state index in [1.165, 1.54) is 0 Å². The predicted molar refractivity (Wildman–Crippen MR) is 69.0 cm³/mol. The Bertz CT molecular complexity index is 339. The largest absolute Gasteiger partial charge is 0.397 e. The van der Waals surface area contributed by atoms with E-state index in [9.17, 15) is 0 Å². The second-order valence-electron chi connectivity index (χ2n) is 4.24. The van der Waals surface area contributed by atoms with Gasteiger partial charge >= 0.3 is 0 Å². The third-order valence-electron chi connectivity index (χ3n) is 2.84. The molecule has 0 unspecified atom stereocenters. The summed E-state index contributed by atoms with van der Waals surface area (Å²) < 4.78 is 5.31. The fourth-order valence-electron chi connectivity index (χ4n) is 1.91. The van der Waals surface area contributed by atoms with E-state index in [0.29, 0.717) is 5.69 Å². The molecule has 2 heterocycles. The number of nitrogens with one attached hydrogen (secondary N) is 1. The van der Waals surface area contributed by atoms with Crippen LogP contribution in [0.5, 0.6) is 0 Å². The first-order chi connectivity index (χ1) is 8.34. The van der Waals surface area contributed by atoms with Gasteiger partial charge in [0, 0.05) is 25.8 Å². The summed E-state index contributed by atoms with van der Waals surface area (Å²) in [4.78, 5) is 6.47. The summed E-state index contributed by atoms with van der Waals surface area (Å²) in [6.45, 7) is 5.91. The van der Waals surface area contributed by atoms with Crippen molar-refractivity contribution in [2.24, 2.45) is 0 Å². The van der Waals surface area contributed by atoms with E-state index in [2.05, 4.69) is 15.2 Å². The normalized spacial score (nSPS) is 16.9. The number of rotatable bonds is 5. The molecule has 2 rings (SSSR count). The molecule has 0 radical (unpaired) electrons. The van der Waals surface area contributed by atoms with Crippen molar-refractivity contribution < 1.29 is 4.74 Å². The molecular formula is C12H20N4O. The van der Waals surface area contributed by atoms with Gasteiger partial charge in [-0.25, -0.2) is 0 Å². The zero-order valence-corrected chi connectivity index (χ0v) is 10.1. The first-order valence-electron chi connectivity index (χ1n) is 6.09. The van der Waals surface area contributed by atoms with Crippen molar-refractivity contribution in [3.63, 3.8) is 0 Å². The lowest BCUT2D eigenvalue weighted by molar-refractivity contribution is 0.0378. The van der Waals surface area contributed by atoms with Crippen molar-refractivity contribution in [3.05, 3.63) is 18.5 Å². The third-order valence-corrected chi connectivity index (χ3v) is 2.84. The van der Waals surface area contributed by atoms with Gasteiger partial charge in [0.15, 0.2) is 0 Å². The van der Waals surface area contributed by atoms with Crippen LogP contribution in [0.25, 0.3) is 0 Å². The van der Waals surface area contributed by atoms with Crippen LogP contribution in [0.3, 0.4) is 0 Å². The number of hydrogen-bond acceptors (Lipinski definition) is 5. The summed E-state index contributed by atoms with van der Waals surface area (Å²) in [5, 5.41) is 3.32. The van der Waals surface area contributed by atoms with Gasteiger partial charge < -0.3 is 15.8 Å². The molecule has 1 fully saturated rings. The van der Waals surface area contributed by atoms with Crippen molar-refractivity contribution in [2.45, 2.75) is 6.42 Å². The molecule has 1 aromatic rings. The van der Waals surface area contributed by atoms with Crippen LogP contribution in [0.4, 0.5) is 11.4 Å². The number of aromatic nitrogens is 1. The van der Waals surface area contributed by atoms with Gasteiger partial charge in [-0.15, -0.1) is 0 Å². The summed E-state index contributed by atoms with van der Waals surface area (Å²) in [6, 6.07) is 1.90. The molecule has 1 aliphatic rings. The van der Waals surface area contributed by atoms with Gasteiger partial charge in [-0.05, 0) is 19.0 Å². The number of hydrogen-bond donors (Lipinski definition) is 2. The van der Waals surface area contributed by atoms with E-state index in [0.717, 1.165) is 51.5 Å². The molecule has 0 aromatic carbocycles. The van der Waals surface area contributed by atoms with E-state index in [1.807, 2.05) is 6.07 Å². The first-order valence-corrected chi connectivity index (χ1v) is 6.09. The van der Waals surface area contributed by atoms with Gasteiger partial charge in [0.25, 0.3) is 0 Å². The second-order valence-corrected chi connectivity index (χ2v) is 4.24. The Morgan fingerprint density at radius 2 is 2.18 bits per heavy atom. The van der Waals surface area contributed by atoms with Crippen LogP contribution in [-0.4, -0.2) is 49.3 Å². The van der Waals surface area contributed by atoms with Gasteiger partial charge in [0.05, 0.1) is 30.8 Å². The highest BCUT2D eigenvalue weighted by molar-refractivity contribution is 5.51. The smallest absolute Gasteiger partial charge is 0.0594 e. The Kier molecular flexibility index (Phi) is 4.58. The van der Waals surface area contributed by atoms with Crippen LogP contribution < -0.4 is 11.1 Å². The Hall–Kier alpha value is -1.33.